The van der Waals surface area contributed by atoms with Gasteiger partial charge in [0.05, 0.1) is 15.7 Å². The molecule has 0 aliphatic rings. The quantitative estimate of drug-likeness (QED) is 0.906. The molecular weight excluding hydrogens is 232 g/mol. The number of hydrogen-bond acceptors (Lipinski definition) is 3. The van der Waals surface area contributed by atoms with Crippen molar-refractivity contribution in [1.82, 2.24) is 10.3 Å². The Bertz CT molecular complexity index is 545. The normalized spacial score (nSPS) is 11.7. The van der Waals surface area contributed by atoms with E-state index in [1.165, 1.54) is 0 Å². The van der Waals surface area contributed by atoms with Crippen LogP contribution in [0.1, 0.15) is 37.6 Å². The van der Waals surface area contributed by atoms with Crippen molar-refractivity contribution in [2.24, 2.45) is 0 Å². The van der Waals surface area contributed by atoms with Crippen LogP contribution in [-0.2, 0) is 0 Å². The highest BCUT2D eigenvalue weighted by atomic mass is 32.1. The SMILES string of the molecule is CCC(C)(C)NC(=O)c1ccc2ncsc2c1. The maximum absolute atomic E-state index is 12.1. The van der Waals surface area contributed by atoms with Crippen molar-refractivity contribution in [3.8, 4) is 0 Å². The predicted octanol–water partition coefficient (Wildman–Crippen LogP) is 3.21. The molecule has 1 heterocycles. The Morgan fingerprint density at radius 1 is 1.47 bits per heavy atom. The van der Waals surface area contributed by atoms with Crippen LogP contribution in [0.2, 0.25) is 0 Å². The summed E-state index contributed by atoms with van der Waals surface area (Å²) in [6, 6.07) is 5.61. The maximum Gasteiger partial charge on any atom is 0.251 e. The summed E-state index contributed by atoms with van der Waals surface area (Å²) < 4.78 is 1.05. The Hall–Kier alpha value is -1.42. The van der Waals surface area contributed by atoms with Gasteiger partial charge in [-0.15, -0.1) is 11.3 Å². The lowest BCUT2D eigenvalue weighted by Gasteiger charge is -2.24. The number of nitrogens with zero attached hydrogens (tertiary/aromatic N) is 1. The summed E-state index contributed by atoms with van der Waals surface area (Å²) in [7, 11) is 0. The molecule has 1 N–H and O–H groups in total. The van der Waals surface area contributed by atoms with E-state index in [4.69, 9.17) is 0 Å². The van der Waals surface area contributed by atoms with E-state index in [1.54, 1.807) is 16.8 Å². The molecule has 2 rings (SSSR count). The third-order valence-electron chi connectivity index (χ3n) is 2.93. The van der Waals surface area contributed by atoms with Gasteiger partial charge < -0.3 is 5.32 Å². The lowest BCUT2D eigenvalue weighted by atomic mass is 10.0. The highest BCUT2D eigenvalue weighted by Gasteiger charge is 2.18. The van der Waals surface area contributed by atoms with Crippen LogP contribution in [0.25, 0.3) is 10.2 Å². The highest BCUT2D eigenvalue weighted by molar-refractivity contribution is 7.16. The number of nitrogens with one attached hydrogen (secondary N) is 1. The van der Waals surface area contributed by atoms with Gasteiger partial charge in [0.15, 0.2) is 0 Å². The Kier molecular flexibility index (Phi) is 3.15. The van der Waals surface area contributed by atoms with Crippen LogP contribution < -0.4 is 5.32 Å². The van der Waals surface area contributed by atoms with E-state index < -0.39 is 0 Å². The minimum Gasteiger partial charge on any atom is -0.347 e. The van der Waals surface area contributed by atoms with Crippen LogP contribution >= 0.6 is 11.3 Å². The standard InChI is InChI=1S/C13H16N2OS/c1-4-13(2,3)15-12(16)9-5-6-10-11(7-9)17-8-14-10/h5-8H,4H2,1-3H3,(H,15,16). The fourth-order valence-electron chi connectivity index (χ4n) is 1.46. The van der Waals surface area contributed by atoms with Crippen molar-refractivity contribution in [3.63, 3.8) is 0 Å². The smallest absolute Gasteiger partial charge is 0.251 e. The monoisotopic (exact) mass is 248 g/mol. The molecular formula is C13H16N2OS. The van der Waals surface area contributed by atoms with Crippen LogP contribution in [0.4, 0.5) is 0 Å². The van der Waals surface area contributed by atoms with Gasteiger partial charge in [-0.1, -0.05) is 6.92 Å². The summed E-state index contributed by atoms with van der Waals surface area (Å²) in [5.74, 6) is -0.0212. The highest BCUT2D eigenvalue weighted by Crippen LogP contribution is 2.19. The van der Waals surface area contributed by atoms with E-state index in [0.29, 0.717) is 5.56 Å². The molecule has 4 heteroatoms. The molecule has 1 amide bonds. The lowest BCUT2D eigenvalue weighted by Crippen LogP contribution is -2.42. The predicted molar refractivity (Wildman–Crippen MR) is 71.5 cm³/mol. The summed E-state index contributed by atoms with van der Waals surface area (Å²) in [4.78, 5) is 16.3. The first kappa shape index (κ1) is 12.0. The molecule has 0 fully saturated rings. The molecule has 0 atom stereocenters. The number of fused-ring (bicyclic) bond motifs is 1. The van der Waals surface area contributed by atoms with Crippen LogP contribution in [0.5, 0.6) is 0 Å². The third kappa shape index (κ3) is 2.64. The van der Waals surface area contributed by atoms with Crippen molar-refractivity contribution in [3.05, 3.63) is 29.3 Å². The average Bonchev–Trinajstić information content (AvgIpc) is 2.75. The summed E-state index contributed by atoms with van der Waals surface area (Å²) in [5, 5.41) is 3.02. The fraction of sp³-hybridized carbons (Fsp3) is 0.385. The molecule has 3 nitrogen and oxygen atoms in total. The molecule has 1 aromatic heterocycles. The summed E-state index contributed by atoms with van der Waals surface area (Å²) in [5.41, 5.74) is 3.27. The number of benzene rings is 1. The van der Waals surface area contributed by atoms with Gasteiger partial charge in [-0.3, -0.25) is 4.79 Å². The van der Waals surface area contributed by atoms with Crippen LogP contribution in [0.3, 0.4) is 0 Å². The Morgan fingerprint density at radius 3 is 2.94 bits per heavy atom. The van der Waals surface area contributed by atoms with Crippen molar-refractivity contribution in [2.45, 2.75) is 32.7 Å². The third-order valence-corrected chi connectivity index (χ3v) is 3.72. The van der Waals surface area contributed by atoms with E-state index in [1.807, 2.05) is 32.0 Å². The molecule has 0 aliphatic heterocycles. The van der Waals surface area contributed by atoms with E-state index in [-0.39, 0.29) is 11.4 Å². The van der Waals surface area contributed by atoms with Gasteiger partial charge in [-0.25, -0.2) is 4.98 Å². The van der Waals surface area contributed by atoms with Crippen molar-refractivity contribution in [1.29, 1.82) is 0 Å². The van der Waals surface area contributed by atoms with Gasteiger partial charge in [0, 0.05) is 11.1 Å². The minimum absolute atomic E-state index is 0.0212. The van der Waals surface area contributed by atoms with E-state index in [0.717, 1.165) is 16.6 Å². The van der Waals surface area contributed by atoms with Crippen LogP contribution in [-0.4, -0.2) is 16.4 Å². The first-order valence-corrected chi connectivity index (χ1v) is 6.55. The zero-order valence-electron chi connectivity index (χ0n) is 10.3. The molecule has 0 radical (unpaired) electrons. The Labute approximate surface area is 105 Å². The summed E-state index contributed by atoms with van der Waals surface area (Å²) >= 11 is 1.55. The van der Waals surface area contributed by atoms with Gasteiger partial charge in [-0.2, -0.15) is 0 Å². The summed E-state index contributed by atoms with van der Waals surface area (Å²) in [6.45, 7) is 6.11. The van der Waals surface area contributed by atoms with E-state index in [9.17, 15) is 4.79 Å². The largest absolute Gasteiger partial charge is 0.347 e. The molecule has 0 unspecified atom stereocenters. The zero-order valence-corrected chi connectivity index (χ0v) is 11.1. The molecule has 0 spiro atoms. The molecule has 1 aromatic carbocycles. The van der Waals surface area contributed by atoms with Gasteiger partial charge in [0.25, 0.3) is 5.91 Å². The number of rotatable bonds is 3. The van der Waals surface area contributed by atoms with Gasteiger partial charge in [0.1, 0.15) is 0 Å². The van der Waals surface area contributed by atoms with Crippen molar-refractivity contribution < 1.29 is 4.79 Å². The number of carbonyl (C=O) groups is 1. The van der Waals surface area contributed by atoms with Crippen LogP contribution in [0.15, 0.2) is 23.7 Å². The second-order valence-electron chi connectivity index (χ2n) is 4.73. The minimum atomic E-state index is -0.167. The number of aromatic nitrogens is 1. The fourth-order valence-corrected chi connectivity index (χ4v) is 2.18. The second kappa shape index (κ2) is 4.45. The number of amides is 1. The first-order valence-electron chi connectivity index (χ1n) is 5.67. The summed E-state index contributed by atoms with van der Waals surface area (Å²) in [6.07, 6.45) is 0.904. The molecule has 90 valence electrons. The molecule has 0 saturated heterocycles. The molecule has 2 aromatic rings. The van der Waals surface area contributed by atoms with E-state index in [2.05, 4.69) is 17.2 Å². The molecule has 0 aliphatic carbocycles. The molecule has 17 heavy (non-hydrogen) atoms. The number of thiazole rings is 1. The van der Waals surface area contributed by atoms with Gasteiger partial charge >= 0.3 is 0 Å². The number of hydrogen-bond donors (Lipinski definition) is 1. The second-order valence-corrected chi connectivity index (χ2v) is 5.61. The number of carbonyl (C=O) groups excluding carboxylic acids is 1. The molecule has 0 bridgehead atoms. The van der Waals surface area contributed by atoms with E-state index >= 15 is 0 Å². The Balaban J connectivity index is 2.24. The lowest BCUT2D eigenvalue weighted by molar-refractivity contribution is 0.0911. The van der Waals surface area contributed by atoms with Crippen molar-refractivity contribution in [2.75, 3.05) is 0 Å². The average molecular weight is 248 g/mol. The van der Waals surface area contributed by atoms with Gasteiger partial charge in [-0.05, 0) is 38.5 Å². The van der Waals surface area contributed by atoms with Crippen LogP contribution in [0, 0.1) is 0 Å². The van der Waals surface area contributed by atoms with Gasteiger partial charge in [0.2, 0.25) is 0 Å². The zero-order chi connectivity index (χ0) is 12.5. The topological polar surface area (TPSA) is 42.0 Å². The Morgan fingerprint density at radius 2 is 2.24 bits per heavy atom. The first-order chi connectivity index (χ1) is 8.02. The maximum atomic E-state index is 12.1. The van der Waals surface area contributed by atoms with Crippen molar-refractivity contribution >= 4 is 27.5 Å². The molecule has 0 saturated carbocycles.